The quantitative estimate of drug-likeness (QED) is 0.242. The van der Waals surface area contributed by atoms with Crippen LogP contribution in [0.15, 0.2) is 44.6 Å². The third-order valence-electron chi connectivity index (χ3n) is 4.80. The zero-order valence-corrected chi connectivity index (χ0v) is 21.1. The largest absolute Gasteiger partial charge is 0.477 e. The molecule has 2 amide bonds. The SMILES string of the molecule is CO/N=C(/C(=O)NC1C(=O)N2C(C(=O)O)=C(CSC(=O)c3ccco3)CSC12)c1csc(N)n1.Cl. The van der Waals surface area contributed by atoms with Crippen LogP contribution in [0.4, 0.5) is 5.13 Å². The first-order valence-electron chi connectivity index (χ1n) is 9.55. The number of aliphatic carboxylic acids is 1. The number of carbonyl (C=O) groups is 4. The Morgan fingerprint density at radius 2 is 2.23 bits per heavy atom. The highest BCUT2D eigenvalue weighted by molar-refractivity contribution is 8.14. The smallest absolute Gasteiger partial charge is 0.352 e. The van der Waals surface area contributed by atoms with E-state index in [0.29, 0.717) is 5.57 Å². The third kappa shape index (κ3) is 5.32. The van der Waals surface area contributed by atoms with Gasteiger partial charge < -0.3 is 25.4 Å². The summed E-state index contributed by atoms with van der Waals surface area (Å²) in [5, 5.41) is 16.8. The number of anilines is 1. The topological polar surface area (TPSA) is 177 Å². The summed E-state index contributed by atoms with van der Waals surface area (Å²) in [4.78, 5) is 59.6. The minimum atomic E-state index is -1.29. The molecule has 4 N–H and O–H groups in total. The van der Waals surface area contributed by atoms with Crippen LogP contribution < -0.4 is 11.1 Å². The maximum atomic E-state index is 12.8. The molecule has 4 heterocycles. The number of thioether (sulfide) groups is 2. The van der Waals surface area contributed by atoms with E-state index in [2.05, 4.69) is 15.5 Å². The van der Waals surface area contributed by atoms with Gasteiger partial charge in [0.1, 0.15) is 29.9 Å². The lowest BCUT2D eigenvalue weighted by atomic mass is 10.0. The molecule has 1 fully saturated rings. The Morgan fingerprint density at radius 3 is 2.83 bits per heavy atom. The molecule has 0 saturated carbocycles. The summed E-state index contributed by atoms with van der Waals surface area (Å²) in [6.45, 7) is 0. The van der Waals surface area contributed by atoms with E-state index in [0.717, 1.165) is 28.0 Å². The zero-order valence-electron chi connectivity index (χ0n) is 17.8. The van der Waals surface area contributed by atoms with Gasteiger partial charge in [0.15, 0.2) is 16.6 Å². The molecule has 2 aliphatic rings. The summed E-state index contributed by atoms with van der Waals surface area (Å²) in [6, 6.07) is 2.13. The van der Waals surface area contributed by atoms with E-state index < -0.39 is 29.2 Å². The monoisotopic (exact) mass is 559 g/mol. The molecule has 0 bridgehead atoms. The van der Waals surface area contributed by atoms with E-state index in [9.17, 15) is 24.3 Å². The third-order valence-corrected chi connectivity index (χ3v) is 7.77. The van der Waals surface area contributed by atoms with E-state index in [1.807, 2.05) is 0 Å². The Labute approximate surface area is 216 Å². The van der Waals surface area contributed by atoms with Crippen molar-refractivity contribution in [2.75, 3.05) is 24.3 Å². The van der Waals surface area contributed by atoms with Crippen LogP contribution in [-0.4, -0.2) is 73.6 Å². The molecule has 186 valence electrons. The molecule has 16 heteroatoms. The van der Waals surface area contributed by atoms with Crippen LogP contribution in [0.1, 0.15) is 16.2 Å². The van der Waals surface area contributed by atoms with Crippen molar-refractivity contribution >= 4 is 81.0 Å². The second kappa shape index (κ2) is 11.2. The number of carboxylic acid groups (broad SMARTS) is 1. The molecule has 2 aromatic rings. The number of hydrogen-bond donors (Lipinski definition) is 3. The number of aromatic nitrogens is 1. The first kappa shape index (κ1) is 26.6. The van der Waals surface area contributed by atoms with Crippen molar-refractivity contribution in [1.82, 2.24) is 15.2 Å². The average molecular weight is 560 g/mol. The van der Waals surface area contributed by atoms with Crippen molar-refractivity contribution in [2.45, 2.75) is 11.4 Å². The number of nitrogens with two attached hydrogens (primary N) is 1. The van der Waals surface area contributed by atoms with Gasteiger partial charge in [0, 0.05) is 16.9 Å². The number of β-lactam (4-membered cyclic amide) rings is 1. The molecule has 1 saturated heterocycles. The van der Waals surface area contributed by atoms with Crippen LogP contribution in [0.2, 0.25) is 0 Å². The Kier molecular flexibility index (Phi) is 8.47. The first-order valence-corrected chi connectivity index (χ1v) is 12.5. The number of nitrogen functional groups attached to an aromatic ring is 1. The highest BCUT2D eigenvalue weighted by Gasteiger charge is 2.54. The minimum absolute atomic E-state index is 0. The Bertz CT molecular complexity index is 1210. The van der Waals surface area contributed by atoms with Gasteiger partial charge in [-0.1, -0.05) is 16.9 Å². The Morgan fingerprint density at radius 1 is 1.46 bits per heavy atom. The number of carbonyl (C=O) groups excluding carboxylic acids is 3. The molecular weight excluding hydrogens is 542 g/mol. The highest BCUT2D eigenvalue weighted by Crippen LogP contribution is 2.41. The summed E-state index contributed by atoms with van der Waals surface area (Å²) in [6.07, 6.45) is 1.37. The fourth-order valence-corrected chi connectivity index (χ4v) is 6.14. The fourth-order valence-electron chi connectivity index (χ4n) is 3.31. The van der Waals surface area contributed by atoms with Gasteiger partial charge in [-0.15, -0.1) is 35.5 Å². The number of nitrogens with one attached hydrogen (secondary N) is 1. The van der Waals surface area contributed by atoms with Gasteiger partial charge >= 0.3 is 5.97 Å². The molecule has 0 aromatic carbocycles. The number of carboxylic acids is 1. The molecule has 12 nitrogen and oxygen atoms in total. The molecule has 0 radical (unpaired) electrons. The molecular formula is C19H18ClN5O7S3. The van der Waals surface area contributed by atoms with Crippen LogP contribution in [0, 0.1) is 0 Å². The summed E-state index contributed by atoms with van der Waals surface area (Å²) in [5.74, 6) is -2.08. The number of hydrogen-bond acceptors (Lipinski definition) is 12. The number of thiazole rings is 1. The van der Waals surface area contributed by atoms with E-state index in [1.165, 1.54) is 36.6 Å². The Hall–Kier alpha value is -3.01. The molecule has 0 spiro atoms. The van der Waals surface area contributed by atoms with Crippen molar-refractivity contribution in [1.29, 1.82) is 0 Å². The van der Waals surface area contributed by atoms with Crippen molar-refractivity contribution in [3.05, 3.63) is 46.5 Å². The molecule has 2 aliphatic heterocycles. The zero-order chi connectivity index (χ0) is 24.4. The number of nitrogens with zero attached hydrogens (tertiary/aromatic N) is 3. The molecule has 2 unspecified atom stereocenters. The summed E-state index contributed by atoms with van der Waals surface area (Å²) in [7, 11) is 1.26. The lowest BCUT2D eigenvalue weighted by Crippen LogP contribution is -2.71. The lowest BCUT2D eigenvalue weighted by molar-refractivity contribution is -0.150. The van der Waals surface area contributed by atoms with Gasteiger partial charge in [0.25, 0.3) is 16.9 Å². The molecule has 4 rings (SSSR count). The number of furan rings is 1. The molecule has 2 aromatic heterocycles. The fraction of sp³-hybridized carbons (Fsp3) is 0.263. The van der Waals surface area contributed by atoms with Crippen LogP contribution in [0.5, 0.6) is 0 Å². The van der Waals surface area contributed by atoms with Gasteiger partial charge in [-0.3, -0.25) is 19.3 Å². The predicted octanol–water partition coefficient (Wildman–Crippen LogP) is 1.40. The number of halogens is 1. The number of rotatable bonds is 8. The van der Waals surface area contributed by atoms with Crippen molar-refractivity contribution < 1.29 is 33.5 Å². The van der Waals surface area contributed by atoms with E-state index in [1.54, 1.807) is 6.07 Å². The van der Waals surface area contributed by atoms with Crippen LogP contribution in [-0.2, 0) is 19.2 Å². The first-order chi connectivity index (χ1) is 16.3. The van der Waals surface area contributed by atoms with Gasteiger partial charge in [0.05, 0.1) is 6.26 Å². The van der Waals surface area contributed by atoms with Crippen molar-refractivity contribution in [2.24, 2.45) is 5.16 Å². The normalized spacial score (nSPS) is 19.4. The highest BCUT2D eigenvalue weighted by atomic mass is 35.5. The van der Waals surface area contributed by atoms with Crippen LogP contribution >= 0.6 is 47.3 Å². The van der Waals surface area contributed by atoms with E-state index >= 15 is 0 Å². The van der Waals surface area contributed by atoms with Crippen LogP contribution in [0.25, 0.3) is 0 Å². The standard InChI is InChI=1S/C19H17N5O7S3.ClH/c1-30-23-11(9-7-34-19(20)21-9)14(25)22-12-15(26)24-13(17(27)28)8(5-32-16(12)24)6-33-18(29)10-3-2-4-31-10;/h2-4,7,12,16H,5-6H2,1H3,(H2,20,21)(H,22,25)(H,27,28);1H/b23-11+;. The van der Waals surface area contributed by atoms with Gasteiger partial charge in [-0.25, -0.2) is 9.78 Å². The molecule has 0 aliphatic carbocycles. The summed E-state index contributed by atoms with van der Waals surface area (Å²) >= 11 is 3.29. The maximum absolute atomic E-state index is 12.8. The summed E-state index contributed by atoms with van der Waals surface area (Å²) < 4.78 is 5.05. The number of amides is 2. The maximum Gasteiger partial charge on any atom is 0.352 e. The van der Waals surface area contributed by atoms with Gasteiger partial charge in [-0.2, -0.15) is 0 Å². The molecule has 35 heavy (non-hydrogen) atoms. The van der Waals surface area contributed by atoms with E-state index in [-0.39, 0.29) is 57.0 Å². The predicted molar refractivity (Wildman–Crippen MR) is 133 cm³/mol. The van der Waals surface area contributed by atoms with Crippen molar-refractivity contribution in [3.8, 4) is 0 Å². The minimum Gasteiger partial charge on any atom is -0.477 e. The van der Waals surface area contributed by atoms with E-state index in [4.69, 9.17) is 15.0 Å². The van der Waals surface area contributed by atoms with Crippen molar-refractivity contribution in [3.63, 3.8) is 0 Å². The second-order valence-corrected chi connectivity index (χ2v) is 9.81. The summed E-state index contributed by atoms with van der Waals surface area (Å²) in [5.41, 5.74) is 5.89. The van der Waals surface area contributed by atoms with Gasteiger partial charge in [-0.05, 0) is 17.7 Å². The molecule has 2 atom stereocenters. The lowest BCUT2D eigenvalue weighted by Gasteiger charge is -2.49. The number of fused-ring (bicyclic) bond motifs is 1. The second-order valence-electron chi connectivity index (χ2n) is 6.87. The average Bonchev–Trinajstić information content (AvgIpc) is 3.50. The number of oxime groups is 1. The Balaban J connectivity index is 0.00000342. The van der Waals surface area contributed by atoms with Gasteiger partial charge in [0.2, 0.25) is 0 Å². The van der Waals surface area contributed by atoms with Crippen LogP contribution in [0.3, 0.4) is 0 Å².